The van der Waals surface area contributed by atoms with Gasteiger partial charge in [-0.3, -0.25) is 0 Å². The van der Waals surface area contributed by atoms with Gasteiger partial charge >= 0.3 is 0 Å². The van der Waals surface area contributed by atoms with Crippen LogP contribution in [0, 0.1) is 5.82 Å². The van der Waals surface area contributed by atoms with Crippen molar-refractivity contribution >= 4 is 28.3 Å². The van der Waals surface area contributed by atoms with Gasteiger partial charge in [0.05, 0.1) is 6.61 Å². The fraction of sp³-hybridized carbons (Fsp3) is 0.455. The average molecular weight is 311 g/mol. The van der Waals surface area contributed by atoms with Crippen molar-refractivity contribution in [3.05, 3.63) is 27.5 Å². The van der Waals surface area contributed by atoms with Crippen molar-refractivity contribution in [1.82, 2.24) is 0 Å². The van der Waals surface area contributed by atoms with E-state index in [4.69, 9.17) is 10.5 Å². The van der Waals surface area contributed by atoms with Crippen molar-refractivity contribution in [2.24, 2.45) is 5.73 Å². The Kier molecular flexibility index (Phi) is 5.02. The number of fused-ring (bicyclic) bond motifs is 1. The minimum atomic E-state index is -0.149. The van der Waals surface area contributed by atoms with E-state index in [9.17, 15) is 4.39 Å². The van der Waals surface area contributed by atoms with Gasteiger partial charge in [0.15, 0.2) is 0 Å². The maximum absolute atomic E-state index is 14.0. The van der Waals surface area contributed by atoms with Crippen LogP contribution in [0.2, 0.25) is 0 Å². The van der Waals surface area contributed by atoms with Crippen LogP contribution in [0.3, 0.4) is 0 Å². The van der Waals surface area contributed by atoms with E-state index >= 15 is 0 Å². The highest BCUT2D eigenvalue weighted by Crippen LogP contribution is 2.34. The van der Waals surface area contributed by atoms with E-state index in [1.165, 1.54) is 0 Å². The lowest BCUT2D eigenvalue weighted by atomic mass is 10.0. The van der Waals surface area contributed by atoms with Gasteiger partial charge in [0.1, 0.15) is 11.6 Å². The van der Waals surface area contributed by atoms with E-state index < -0.39 is 0 Å². The molecule has 2 N–H and O–H groups in total. The van der Waals surface area contributed by atoms with Crippen molar-refractivity contribution in [3.63, 3.8) is 0 Å². The molecule has 5 heteroatoms. The van der Waals surface area contributed by atoms with Crippen LogP contribution in [0.5, 0.6) is 5.75 Å². The quantitative estimate of drug-likeness (QED) is 0.911. The topological polar surface area (TPSA) is 35.2 Å². The Balaban J connectivity index is 0.00000128. The summed E-state index contributed by atoms with van der Waals surface area (Å²) in [5, 5.41) is 0. The van der Waals surface area contributed by atoms with Crippen LogP contribution < -0.4 is 10.5 Å². The molecule has 1 aromatic carbocycles. The molecule has 0 aromatic heterocycles. The zero-order chi connectivity index (χ0) is 10.8. The molecule has 2 rings (SSSR count). The second-order valence-electron chi connectivity index (χ2n) is 3.62. The number of hydrogen-bond donors (Lipinski definition) is 1. The van der Waals surface area contributed by atoms with Crippen LogP contribution >= 0.6 is 28.3 Å². The van der Waals surface area contributed by atoms with Gasteiger partial charge < -0.3 is 10.5 Å². The zero-order valence-electron chi connectivity index (χ0n) is 8.76. The van der Waals surface area contributed by atoms with Gasteiger partial charge in [-0.25, -0.2) is 4.39 Å². The molecule has 0 radical (unpaired) electrons. The molecule has 0 fully saturated rings. The summed E-state index contributed by atoms with van der Waals surface area (Å²) < 4.78 is 20.2. The van der Waals surface area contributed by atoms with Crippen LogP contribution in [-0.4, -0.2) is 13.2 Å². The van der Waals surface area contributed by atoms with Gasteiger partial charge in [-0.05, 0) is 31.9 Å². The van der Waals surface area contributed by atoms with E-state index in [2.05, 4.69) is 15.9 Å². The van der Waals surface area contributed by atoms with Gasteiger partial charge in [-0.2, -0.15) is 0 Å². The maximum Gasteiger partial charge on any atom is 0.134 e. The van der Waals surface area contributed by atoms with E-state index in [1.807, 2.05) is 6.07 Å². The number of nitrogens with two attached hydrogens (primary N) is 1. The third-order valence-corrected chi connectivity index (χ3v) is 3.30. The molecule has 0 amide bonds. The molecule has 1 heterocycles. The Morgan fingerprint density at radius 2 is 2.25 bits per heavy atom. The summed E-state index contributed by atoms with van der Waals surface area (Å²) in [6, 6.07) is 1.85. The summed E-state index contributed by atoms with van der Waals surface area (Å²) in [5.41, 5.74) is 6.83. The summed E-state index contributed by atoms with van der Waals surface area (Å²) in [7, 11) is 0. The molecular formula is C11H14BrClFNO. The molecule has 0 saturated heterocycles. The summed E-state index contributed by atoms with van der Waals surface area (Å²) in [6.45, 7) is 1.13. The molecule has 2 nitrogen and oxygen atoms in total. The van der Waals surface area contributed by atoms with E-state index in [0.29, 0.717) is 36.4 Å². The van der Waals surface area contributed by atoms with E-state index in [-0.39, 0.29) is 18.2 Å². The minimum Gasteiger partial charge on any atom is -0.493 e. The molecule has 0 unspecified atom stereocenters. The van der Waals surface area contributed by atoms with Crippen molar-refractivity contribution in [2.75, 3.05) is 13.2 Å². The normalized spacial score (nSPS) is 13.7. The molecule has 1 aliphatic heterocycles. The smallest absolute Gasteiger partial charge is 0.134 e. The molecule has 1 aromatic rings. The highest BCUT2D eigenvalue weighted by molar-refractivity contribution is 9.10. The molecule has 0 aliphatic carbocycles. The number of halogens is 3. The highest BCUT2D eigenvalue weighted by Gasteiger charge is 2.20. The first-order valence-corrected chi connectivity index (χ1v) is 5.86. The SMILES string of the molecule is Cl.NCCc1c(Br)cc2c(c1F)CCCO2. The van der Waals surface area contributed by atoms with Crippen molar-refractivity contribution < 1.29 is 9.13 Å². The third kappa shape index (κ3) is 2.50. The summed E-state index contributed by atoms with van der Waals surface area (Å²) >= 11 is 3.35. The predicted octanol–water partition coefficient (Wildman–Crippen LogP) is 2.84. The maximum atomic E-state index is 14.0. The van der Waals surface area contributed by atoms with Gasteiger partial charge in [0.2, 0.25) is 0 Å². The van der Waals surface area contributed by atoms with Crippen molar-refractivity contribution in [3.8, 4) is 5.75 Å². The van der Waals surface area contributed by atoms with Crippen LogP contribution in [-0.2, 0) is 12.8 Å². The number of benzene rings is 1. The minimum absolute atomic E-state index is 0. The summed E-state index contributed by atoms with van der Waals surface area (Å²) in [6.07, 6.45) is 2.19. The largest absolute Gasteiger partial charge is 0.493 e. The Morgan fingerprint density at radius 3 is 2.94 bits per heavy atom. The first kappa shape index (κ1) is 13.7. The molecule has 0 spiro atoms. The second kappa shape index (κ2) is 5.84. The lowest BCUT2D eigenvalue weighted by Gasteiger charge is -2.20. The molecule has 90 valence electrons. The molecule has 0 bridgehead atoms. The lowest BCUT2D eigenvalue weighted by Crippen LogP contribution is -2.13. The molecule has 16 heavy (non-hydrogen) atoms. The Labute approximate surface area is 109 Å². The van der Waals surface area contributed by atoms with Crippen molar-refractivity contribution in [1.29, 1.82) is 0 Å². The van der Waals surface area contributed by atoms with Crippen molar-refractivity contribution in [2.45, 2.75) is 19.3 Å². The van der Waals surface area contributed by atoms with E-state index in [0.717, 1.165) is 17.3 Å². The van der Waals surface area contributed by atoms with Gasteiger partial charge in [-0.1, -0.05) is 15.9 Å². The zero-order valence-corrected chi connectivity index (χ0v) is 11.2. The van der Waals surface area contributed by atoms with Gasteiger partial charge in [0.25, 0.3) is 0 Å². The fourth-order valence-corrected chi connectivity index (χ4v) is 2.43. The third-order valence-electron chi connectivity index (χ3n) is 2.60. The number of ether oxygens (including phenoxy) is 1. The monoisotopic (exact) mass is 309 g/mol. The fourth-order valence-electron chi connectivity index (χ4n) is 1.85. The number of hydrogen-bond acceptors (Lipinski definition) is 2. The average Bonchev–Trinajstić information content (AvgIpc) is 2.24. The first-order chi connectivity index (χ1) is 7.24. The molecule has 1 aliphatic rings. The lowest BCUT2D eigenvalue weighted by molar-refractivity contribution is 0.283. The summed E-state index contributed by atoms with van der Waals surface area (Å²) in [4.78, 5) is 0. The summed E-state index contributed by atoms with van der Waals surface area (Å²) in [5.74, 6) is 0.524. The van der Waals surface area contributed by atoms with Crippen LogP contribution in [0.15, 0.2) is 10.5 Å². The number of rotatable bonds is 2. The highest BCUT2D eigenvalue weighted by atomic mass is 79.9. The van der Waals surface area contributed by atoms with Crippen LogP contribution in [0.1, 0.15) is 17.5 Å². The Morgan fingerprint density at radius 1 is 1.50 bits per heavy atom. The standard InChI is InChI=1S/C11H13BrFNO.ClH/c12-9-6-10-8(2-1-5-15-10)11(13)7(9)3-4-14;/h6H,1-5,14H2;1H. The van der Waals surface area contributed by atoms with Crippen LogP contribution in [0.25, 0.3) is 0 Å². The molecule has 0 atom stereocenters. The first-order valence-electron chi connectivity index (χ1n) is 5.06. The Hall–Kier alpha value is -0.320. The molecular weight excluding hydrogens is 296 g/mol. The van der Waals surface area contributed by atoms with Gasteiger partial charge in [-0.15, -0.1) is 12.4 Å². The second-order valence-corrected chi connectivity index (χ2v) is 4.47. The predicted molar refractivity (Wildman–Crippen MR) is 67.9 cm³/mol. The Bertz CT molecular complexity index is 387. The molecule has 0 saturated carbocycles. The van der Waals surface area contributed by atoms with E-state index in [1.54, 1.807) is 0 Å². The van der Waals surface area contributed by atoms with Crippen LogP contribution in [0.4, 0.5) is 4.39 Å². The van der Waals surface area contributed by atoms with Gasteiger partial charge in [0, 0.05) is 15.6 Å².